The molecule has 2 amide bonds. The summed E-state index contributed by atoms with van der Waals surface area (Å²) >= 11 is 0. The lowest BCUT2D eigenvalue weighted by atomic mass is 9.77. The molecule has 0 fully saturated rings. The van der Waals surface area contributed by atoms with Gasteiger partial charge in [0, 0.05) is 24.6 Å². The number of carbonyl (C=O) groups is 2. The smallest absolute Gasteiger partial charge is 0.239 e. The third-order valence-corrected chi connectivity index (χ3v) is 5.94. The van der Waals surface area contributed by atoms with Gasteiger partial charge in [-0.2, -0.15) is 10.3 Å². The Morgan fingerprint density at radius 2 is 2.26 bits per heavy atom. The molecule has 8 nitrogen and oxygen atoms in total. The lowest BCUT2D eigenvalue weighted by Crippen LogP contribution is -2.44. The highest BCUT2D eigenvalue weighted by Crippen LogP contribution is 2.37. The number of hydrazone groups is 1. The lowest BCUT2D eigenvalue weighted by Gasteiger charge is -2.29. The van der Waals surface area contributed by atoms with Crippen LogP contribution in [0.15, 0.2) is 77.1 Å². The number of hydrogen-bond donors (Lipinski definition) is 4. The summed E-state index contributed by atoms with van der Waals surface area (Å²) in [5, 5.41) is 19.5. The molecule has 0 aromatic heterocycles. The van der Waals surface area contributed by atoms with Crippen molar-refractivity contribution in [3.05, 3.63) is 77.6 Å². The molecule has 1 aliphatic carbocycles. The predicted molar refractivity (Wildman–Crippen MR) is 134 cm³/mol. The number of hydrogen-bond acceptors (Lipinski definition) is 6. The minimum atomic E-state index is -0.844. The van der Waals surface area contributed by atoms with Gasteiger partial charge in [0.2, 0.25) is 11.8 Å². The normalized spacial score (nSPS) is 23.7. The fourth-order valence-electron chi connectivity index (χ4n) is 4.05. The number of nitrogens with zero attached hydrogens (tertiary/aromatic N) is 2. The lowest BCUT2D eigenvalue weighted by molar-refractivity contribution is -0.125. The molecule has 0 saturated heterocycles. The van der Waals surface area contributed by atoms with E-state index in [0.717, 1.165) is 41.1 Å². The fraction of sp³-hybridized carbons (Fsp3) is 0.346. The molecular formula is C26H33N5O3. The highest BCUT2D eigenvalue weighted by Gasteiger charge is 2.38. The van der Waals surface area contributed by atoms with Crippen LogP contribution >= 0.6 is 0 Å². The molecule has 0 bridgehead atoms. The molecule has 0 spiro atoms. The molecule has 1 atom stereocenters. The van der Waals surface area contributed by atoms with E-state index in [1.54, 1.807) is 13.1 Å². The highest BCUT2D eigenvalue weighted by atomic mass is 16.5. The van der Waals surface area contributed by atoms with Gasteiger partial charge in [-0.25, -0.2) is 0 Å². The Morgan fingerprint density at radius 3 is 3.00 bits per heavy atom. The number of carbonyl (C=O) groups excluding carboxylic acids is 2. The van der Waals surface area contributed by atoms with Gasteiger partial charge in [0.1, 0.15) is 5.41 Å². The van der Waals surface area contributed by atoms with Gasteiger partial charge in [-0.1, -0.05) is 42.0 Å². The van der Waals surface area contributed by atoms with Crippen LogP contribution in [0.4, 0.5) is 5.69 Å². The molecule has 2 aliphatic rings. The molecule has 34 heavy (non-hydrogen) atoms. The Kier molecular flexibility index (Phi) is 8.95. The number of amides is 2. The van der Waals surface area contributed by atoms with Crippen molar-refractivity contribution in [1.82, 2.24) is 10.5 Å². The molecule has 180 valence electrons. The average Bonchev–Trinajstić information content (AvgIpc) is 3.38. The molecular weight excluding hydrogens is 430 g/mol. The summed E-state index contributed by atoms with van der Waals surface area (Å²) in [6.45, 7) is 2.30. The van der Waals surface area contributed by atoms with Crippen LogP contribution in [0.1, 0.15) is 38.2 Å². The number of hydroxylamine groups is 1. The average molecular weight is 464 g/mol. The first-order valence-electron chi connectivity index (χ1n) is 11.6. The number of nitrogens with one attached hydrogen (secondary N) is 2. The first kappa shape index (κ1) is 25.1. The van der Waals surface area contributed by atoms with Crippen molar-refractivity contribution in [3.63, 3.8) is 0 Å². The van der Waals surface area contributed by atoms with E-state index in [-0.39, 0.29) is 24.8 Å². The van der Waals surface area contributed by atoms with E-state index in [0.29, 0.717) is 18.7 Å². The zero-order valence-electron chi connectivity index (χ0n) is 19.5. The van der Waals surface area contributed by atoms with Crippen molar-refractivity contribution in [2.24, 2.45) is 16.3 Å². The van der Waals surface area contributed by atoms with E-state index in [1.165, 1.54) is 6.21 Å². The predicted octanol–water partition coefficient (Wildman–Crippen LogP) is 3.44. The van der Waals surface area contributed by atoms with Crippen molar-refractivity contribution in [1.29, 1.82) is 0 Å². The van der Waals surface area contributed by atoms with E-state index in [9.17, 15) is 14.8 Å². The molecule has 1 heterocycles. The summed E-state index contributed by atoms with van der Waals surface area (Å²) in [7, 11) is 0. The zero-order chi connectivity index (χ0) is 24.4. The topological polar surface area (TPSA) is 120 Å². The van der Waals surface area contributed by atoms with E-state index < -0.39 is 5.41 Å². The van der Waals surface area contributed by atoms with Crippen LogP contribution < -0.4 is 16.4 Å². The highest BCUT2D eigenvalue weighted by molar-refractivity contribution is 5.99. The SMILES string of the molecule is CCN(O)/N=C\CC(=O)Nc1cccc(CC2=C/C=C/NC(=O)C(CN)(C3=CCCC3)\C=C\2)c1. The van der Waals surface area contributed by atoms with Crippen molar-refractivity contribution in [3.8, 4) is 0 Å². The molecule has 0 saturated carbocycles. The largest absolute Gasteiger partial charge is 0.332 e. The second kappa shape index (κ2) is 12.1. The fourth-order valence-corrected chi connectivity index (χ4v) is 4.05. The zero-order valence-corrected chi connectivity index (χ0v) is 19.5. The summed E-state index contributed by atoms with van der Waals surface area (Å²) in [6, 6.07) is 7.62. The molecule has 1 unspecified atom stereocenters. The summed E-state index contributed by atoms with van der Waals surface area (Å²) < 4.78 is 0. The molecule has 3 rings (SSSR count). The Balaban J connectivity index is 1.73. The number of benzene rings is 1. The van der Waals surface area contributed by atoms with E-state index >= 15 is 0 Å². The summed E-state index contributed by atoms with van der Waals surface area (Å²) in [6.07, 6.45) is 16.4. The van der Waals surface area contributed by atoms with Gasteiger partial charge in [-0.05, 0) is 62.0 Å². The van der Waals surface area contributed by atoms with Crippen molar-refractivity contribution in [2.45, 2.75) is 39.0 Å². The van der Waals surface area contributed by atoms with Crippen molar-refractivity contribution >= 4 is 23.7 Å². The third-order valence-electron chi connectivity index (χ3n) is 5.94. The quantitative estimate of drug-likeness (QED) is 0.254. The Hall–Kier alpha value is -3.49. The van der Waals surface area contributed by atoms with E-state index in [4.69, 9.17) is 5.73 Å². The van der Waals surface area contributed by atoms with Gasteiger partial charge in [0.05, 0.1) is 13.0 Å². The van der Waals surface area contributed by atoms with Crippen LogP contribution in [-0.2, 0) is 16.0 Å². The van der Waals surface area contributed by atoms with Crippen LogP contribution in [0.3, 0.4) is 0 Å². The second-order valence-corrected chi connectivity index (χ2v) is 8.32. The maximum atomic E-state index is 13.0. The van der Waals surface area contributed by atoms with Crippen molar-refractivity contribution in [2.75, 3.05) is 18.4 Å². The van der Waals surface area contributed by atoms with Gasteiger partial charge in [-0.3, -0.25) is 14.8 Å². The molecule has 1 aliphatic heterocycles. The van der Waals surface area contributed by atoms with Crippen LogP contribution in [0.25, 0.3) is 0 Å². The monoisotopic (exact) mass is 463 g/mol. The van der Waals surface area contributed by atoms with E-state index in [1.807, 2.05) is 48.6 Å². The molecule has 8 heteroatoms. The maximum Gasteiger partial charge on any atom is 0.239 e. The number of rotatable bonds is 9. The van der Waals surface area contributed by atoms with Gasteiger partial charge >= 0.3 is 0 Å². The third kappa shape index (κ3) is 6.52. The summed E-state index contributed by atoms with van der Waals surface area (Å²) in [5.74, 6) is -0.334. The molecule has 5 N–H and O–H groups in total. The van der Waals surface area contributed by atoms with Crippen molar-refractivity contribution < 1.29 is 14.8 Å². The van der Waals surface area contributed by atoms with E-state index in [2.05, 4.69) is 21.8 Å². The van der Waals surface area contributed by atoms with Gasteiger partial charge < -0.3 is 16.4 Å². The number of anilines is 1. The van der Waals surface area contributed by atoms with Gasteiger partial charge in [0.25, 0.3) is 0 Å². The Morgan fingerprint density at radius 1 is 1.41 bits per heavy atom. The molecule has 1 aromatic rings. The van der Waals surface area contributed by atoms with Gasteiger partial charge in [0.15, 0.2) is 0 Å². The molecule has 0 radical (unpaired) electrons. The summed E-state index contributed by atoms with van der Waals surface area (Å²) in [4.78, 5) is 25.2. The maximum absolute atomic E-state index is 13.0. The Bertz CT molecular complexity index is 1040. The standard InChI is InChI=1S/C26H33N5O3/c1-2-31(34)29-16-13-24(32)30-23-11-5-7-21(18-23)17-20-8-6-15-28-25(33)26(19-27,14-12-20)22-9-3-4-10-22/h5-9,11-12,14-16,18,34H,2-4,10,13,17,19,27H2,1H3,(H,28,33)(H,30,32)/b14-12+,15-6+,20-8+,29-16-. The minimum Gasteiger partial charge on any atom is -0.332 e. The minimum absolute atomic E-state index is 0.0536. The van der Waals surface area contributed by atoms with Crippen LogP contribution in [0, 0.1) is 5.41 Å². The first-order valence-corrected chi connectivity index (χ1v) is 11.6. The Labute approximate surface area is 200 Å². The van der Waals surface area contributed by atoms with Gasteiger partial charge in [-0.15, -0.1) is 0 Å². The number of allylic oxidation sites excluding steroid dienone is 5. The van der Waals surface area contributed by atoms with Crippen LogP contribution in [0.5, 0.6) is 0 Å². The second-order valence-electron chi connectivity index (χ2n) is 8.32. The summed E-state index contributed by atoms with van der Waals surface area (Å²) in [5.41, 5.74) is 9.09. The van der Waals surface area contributed by atoms with Crippen LogP contribution in [0.2, 0.25) is 0 Å². The molecule has 1 aromatic carbocycles. The van der Waals surface area contributed by atoms with Crippen LogP contribution in [-0.4, -0.2) is 41.5 Å². The first-order chi connectivity index (χ1) is 16.5. The number of nitrogens with two attached hydrogens (primary N) is 1.